The number of methoxy groups -OCH3 is 1. The van der Waals surface area contributed by atoms with Crippen molar-refractivity contribution < 1.29 is 9.47 Å². The number of nitrogens with two attached hydrogens (primary N) is 1. The molecular weight excluding hydrogens is 264 g/mol. The lowest BCUT2D eigenvalue weighted by Crippen LogP contribution is -2.57. The maximum atomic E-state index is 6.19. The van der Waals surface area contributed by atoms with Gasteiger partial charge in [-0.2, -0.15) is 0 Å². The number of hydrogen-bond donors (Lipinski definition) is 1. The number of benzene rings is 1. The van der Waals surface area contributed by atoms with Gasteiger partial charge in [0.1, 0.15) is 5.75 Å². The van der Waals surface area contributed by atoms with E-state index in [-0.39, 0.29) is 17.2 Å². The van der Waals surface area contributed by atoms with Crippen molar-refractivity contribution in [2.24, 2.45) is 5.73 Å². The van der Waals surface area contributed by atoms with Crippen LogP contribution in [0.15, 0.2) is 18.2 Å². The van der Waals surface area contributed by atoms with Crippen LogP contribution in [-0.2, 0) is 4.74 Å². The first-order valence-corrected chi connectivity index (χ1v) is 7.53. The Kier molecular flexibility index (Phi) is 4.22. The lowest BCUT2D eigenvalue weighted by Gasteiger charge is -2.48. The van der Waals surface area contributed by atoms with E-state index in [1.165, 1.54) is 0 Å². The van der Waals surface area contributed by atoms with E-state index < -0.39 is 0 Å². The number of morpholine rings is 1. The molecule has 4 nitrogen and oxygen atoms in total. The van der Waals surface area contributed by atoms with Crippen LogP contribution in [0.2, 0.25) is 0 Å². The molecule has 0 amide bonds. The smallest absolute Gasteiger partial charge is 0.125 e. The molecular formula is C17H28N2O2. The molecule has 0 aromatic heterocycles. The molecule has 0 saturated carbocycles. The minimum atomic E-state index is -0.195. The molecule has 1 aliphatic rings. The minimum absolute atomic E-state index is 0.0785. The molecule has 1 aliphatic heterocycles. The van der Waals surface area contributed by atoms with E-state index in [0.29, 0.717) is 0 Å². The lowest BCUT2D eigenvalue weighted by molar-refractivity contribution is -0.133. The highest BCUT2D eigenvalue weighted by Crippen LogP contribution is 2.38. The van der Waals surface area contributed by atoms with Crippen LogP contribution in [0.25, 0.3) is 0 Å². The second-order valence-corrected chi connectivity index (χ2v) is 7.16. The van der Waals surface area contributed by atoms with Gasteiger partial charge in [0.05, 0.1) is 18.3 Å². The van der Waals surface area contributed by atoms with Crippen LogP contribution in [0.5, 0.6) is 5.75 Å². The highest BCUT2D eigenvalue weighted by Gasteiger charge is 2.39. The topological polar surface area (TPSA) is 47.7 Å². The summed E-state index contributed by atoms with van der Waals surface area (Å²) in [6.45, 7) is 12.2. The van der Waals surface area contributed by atoms with Crippen molar-refractivity contribution in [2.75, 3.05) is 25.1 Å². The molecule has 0 unspecified atom stereocenters. The molecule has 21 heavy (non-hydrogen) atoms. The van der Waals surface area contributed by atoms with Crippen LogP contribution in [0.4, 0.5) is 5.69 Å². The Balaban J connectivity index is 2.46. The molecule has 1 atom stereocenters. The minimum Gasteiger partial charge on any atom is -0.496 e. The third kappa shape index (κ3) is 3.50. The van der Waals surface area contributed by atoms with Crippen LogP contribution >= 0.6 is 0 Å². The molecule has 1 saturated heterocycles. The van der Waals surface area contributed by atoms with Gasteiger partial charge in [0.2, 0.25) is 0 Å². The van der Waals surface area contributed by atoms with Gasteiger partial charge in [0, 0.05) is 30.4 Å². The van der Waals surface area contributed by atoms with Gasteiger partial charge in [-0.05, 0) is 46.8 Å². The molecule has 0 radical (unpaired) electrons. The van der Waals surface area contributed by atoms with Gasteiger partial charge in [-0.15, -0.1) is 0 Å². The first kappa shape index (κ1) is 16.1. The second kappa shape index (κ2) is 5.50. The SMILES string of the molecule is COc1cccc(N2CC(C)(C)OC(C)(C)C2)c1[C@@H](C)N. The van der Waals surface area contributed by atoms with Crippen LogP contribution in [-0.4, -0.2) is 31.4 Å². The third-order valence-corrected chi connectivity index (χ3v) is 3.75. The zero-order valence-electron chi connectivity index (χ0n) is 14.1. The highest BCUT2D eigenvalue weighted by atomic mass is 16.5. The molecule has 1 aromatic carbocycles. The van der Waals surface area contributed by atoms with Gasteiger partial charge >= 0.3 is 0 Å². The van der Waals surface area contributed by atoms with Crippen molar-refractivity contribution in [1.29, 1.82) is 0 Å². The first-order valence-electron chi connectivity index (χ1n) is 7.53. The lowest BCUT2D eigenvalue weighted by atomic mass is 9.96. The van der Waals surface area contributed by atoms with E-state index in [1.54, 1.807) is 7.11 Å². The molecule has 118 valence electrons. The van der Waals surface area contributed by atoms with Gasteiger partial charge in [-0.1, -0.05) is 6.07 Å². The molecule has 0 bridgehead atoms. The van der Waals surface area contributed by atoms with E-state index in [1.807, 2.05) is 19.1 Å². The van der Waals surface area contributed by atoms with Crippen molar-refractivity contribution in [1.82, 2.24) is 0 Å². The Morgan fingerprint density at radius 2 is 1.76 bits per heavy atom. The molecule has 1 heterocycles. The fourth-order valence-electron chi connectivity index (χ4n) is 3.40. The Bertz CT molecular complexity index is 494. The number of ether oxygens (including phenoxy) is 2. The Morgan fingerprint density at radius 1 is 1.19 bits per heavy atom. The summed E-state index contributed by atoms with van der Waals surface area (Å²) in [6, 6.07) is 6.04. The average molecular weight is 292 g/mol. The molecule has 0 spiro atoms. The van der Waals surface area contributed by atoms with Crippen LogP contribution in [0.1, 0.15) is 46.2 Å². The van der Waals surface area contributed by atoms with E-state index in [0.717, 1.165) is 30.1 Å². The fourth-order valence-corrected chi connectivity index (χ4v) is 3.40. The van der Waals surface area contributed by atoms with Gasteiger partial charge in [0.25, 0.3) is 0 Å². The predicted molar refractivity (Wildman–Crippen MR) is 87.1 cm³/mol. The second-order valence-electron chi connectivity index (χ2n) is 7.16. The highest BCUT2D eigenvalue weighted by molar-refractivity contribution is 5.61. The van der Waals surface area contributed by atoms with E-state index in [2.05, 4.69) is 38.7 Å². The summed E-state index contributed by atoms with van der Waals surface area (Å²) in [5, 5.41) is 0. The number of rotatable bonds is 3. The summed E-state index contributed by atoms with van der Waals surface area (Å²) in [5.41, 5.74) is 8.02. The summed E-state index contributed by atoms with van der Waals surface area (Å²) in [7, 11) is 1.69. The largest absolute Gasteiger partial charge is 0.496 e. The maximum absolute atomic E-state index is 6.19. The van der Waals surface area contributed by atoms with E-state index >= 15 is 0 Å². The molecule has 1 fully saturated rings. The number of anilines is 1. The molecule has 2 N–H and O–H groups in total. The van der Waals surface area contributed by atoms with Crippen LogP contribution < -0.4 is 15.4 Å². The summed E-state index contributed by atoms with van der Waals surface area (Å²) < 4.78 is 11.7. The number of nitrogens with zero attached hydrogens (tertiary/aromatic N) is 1. The van der Waals surface area contributed by atoms with Crippen LogP contribution in [0, 0.1) is 0 Å². The van der Waals surface area contributed by atoms with Crippen molar-refractivity contribution in [2.45, 2.75) is 51.9 Å². The summed E-state index contributed by atoms with van der Waals surface area (Å²) in [5.74, 6) is 0.851. The quantitative estimate of drug-likeness (QED) is 0.930. The average Bonchev–Trinajstić information content (AvgIpc) is 2.33. The normalized spacial score (nSPS) is 22.0. The maximum Gasteiger partial charge on any atom is 0.125 e. The third-order valence-electron chi connectivity index (χ3n) is 3.75. The monoisotopic (exact) mass is 292 g/mol. The van der Waals surface area contributed by atoms with Crippen molar-refractivity contribution in [3.8, 4) is 5.75 Å². The summed E-state index contributed by atoms with van der Waals surface area (Å²) >= 11 is 0. The zero-order valence-corrected chi connectivity index (χ0v) is 14.1. The summed E-state index contributed by atoms with van der Waals surface area (Å²) in [4.78, 5) is 2.37. The van der Waals surface area contributed by atoms with Crippen LogP contribution in [0.3, 0.4) is 0 Å². The van der Waals surface area contributed by atoms with Gasteiger partial charge in [-0.3, -0.25) is 0 Å². The van der Waals surface area contributed by atoms with E-state index in [4.69, 9.17) is 15.2 Å². The standard InChI is InChI=1S/C17H28N2O2/c1-12(18)15-13(8-7-9-14(15)20-6)19-10-16(2,3)21-17(4,5)11-19/h7-9,12H,10-11,18H2,1-6H3/t12-/m1/s1. The molecule has 4 heteroatoms. The molecule has 0 aliphatic carbocycles. The van der Waals surface area contributed by atoms with Gasteiger partial charge < -0.3 is 20.1 Å². The number of hydrogen-bond acceptors (Lipinski definition) is 4. The Hall–Kier alpha value is -1.26. The molecule has 1 aromatic rings. The van der Waals surface area contributed by atoms with Gasteiger partial charge in [-0.25, -0.2) is 0 Å². The predicted octanol–water partition coefficient (Wildman–Crippen LogP) is 3.11. The van der Waals surface area contributed by atoms with Crippen molar-refractivity contribution in [3.05, 3.63) is 23.8 Å². The summed E-state index contributed by atoms with van der Waals surface area (Å²) in [6.07, 6.45) is 0. The Labute approximate surface area is 128 Å². The first-order chi connectivity index (χ1) is 9.65. The van der Waals surface area contributed by atoms with Crippen molar-refractivity contribution in [3.63, 3.8) is 0 Å². The zero-order chi connectivity index (χ0) is 15.8. The van der Waals surface area contributed by atoms with E-state index in [9.17, 15) is 0 Å². The Morgan fingerprint density at radius 3 is 2.24 bits per heavy atom. The molecule has 2 rings (SSSR count). The van der Waals surface area contributed by atoms with Gasteiger partial charge in [0.15, 0.2) is 0 Å². The van der Waals surface area contributed by atoms with Crippen molar-refractivity contribution >= 4 is 5.69 Å². The fraction of sp³-hybridized carbons (Fsp3) is 0.647.